The van der Waals surface area contributed by atoms with Gasteiger partial charge in [0, 0.05) is 0 Å². The van der Waals surface area contributed by atoms with Crippen LogP contribution >= 0.6 is 0 Å². The molecule has 0 N–H and O–H groups in total. The van der Waals surface area contributed by atoms with Gasteiger partial charge >= 0.3 is 148 Å². The summed E-state index contributed by atoms with van der Waals surface area (Å²) in [5.74, 6) is -0.0677. The van der Waals surface area contributed by atoms with Crippen LogP contribution in [-0.4, -0.2) is 71.3 Å². The van der Waals surface area contributed by atoms with Crippen LogP contribution in [0.3, 0.4) is 0 Å². The maximum atomic E-state index is 12.9. The Morgan fingerprint density at radius 2 is 1.92 bits per heavy atom. The van der Waals surface area contributed by atoms with Crippen molar-refractivity contribution < 1.29 is 9.18 Å². The minimum absolute atomic E-state index is 0.135. The number of carbonyl (C=O) groups is 1. The van der Waals surface area contributed by atoms with Gasteiger partial charge in [0.1, 0.15) is 0 Å². The van der Waals surface area contributed by atoms with Crippen LogP contribution in [0.15, 0.2) is 43.1 Å². The van der Waals surface area contributed by atoms with Crippen molar-refractivity contribution in [1.29, 1.82) is 5.26 Å². The van der Waals surface area contributed by atoms with Crippen molar-refractivity contribution in [3.05, 3.63) is 54.5 Å². The van der Waals surface area contributed by atoms with Crippen LogP contribution < -0.4 is 0 Å². The van der Waals surface area contributed by atoms with E-state index in [0.29, 0.717) is 5.57 Å². The summed E-state index contributed by atoms with van der Waals surface area (Å²) in [5, 5.41) is 8.89. The summed E-state index contributed by atoms with van der Waals surface area (Å²) in [6, 6.07) is 8.77. The van der Waals surface area contributed by atoms with Crippen molar-refractivity contribution in [2.45, 2.75) is 6.42 Å². The SMILES string of the molecule is N#CC1=[CH][In][C](C(=O)N2CCN(CCc3ccc(F)cc3)CC2)=C1. The van der Waals surface area contributed by atoms with Crippen molar-refractivity contribution >= 4 is 28.8 Å². The second-order valence-electron chi connectivity index (χ2n) is 6.01. The molecule has 121 valence electrons. The molecular weight excluding hydrogens is 408 g/mol. The first-order valence-corrected chi connectivity index (χ1v) is 11.6. The van der Waals surface area contributed by atoms with Gasteiger partial charge in [0.05, 0.1) is 0 Å². The van der Waals surface area contributed by atoms with Gasteiger partial charge in [-0.25, -0.2) is 4.39 Å². The molecule has 0 atom stereocenters. The molecule has 1 amide bonds. The Morgan fingerprint density at radius 1 is 1.21 bits per heavy atom. The zero-order valence-electron chi connectivity index (χ0n) is 13.4. The summed E-state index contributed by atoms with van der Waals surface area (Å²) in [6.07, 6.45) is 2.68. The quantitative estimate of drug-likeness (QED) is 0.734. The second kappa shape index (κ2) is 8.00. The number of benzene rings is 1. The maximum absolute atomic E-state index is 12.9. The first-order valence-electron chi connectivity index (χ1n) is 8.08. The van der Waals surface area contributed by atoms with Crippen molar-refractivity contribution in [2.75, 3.05) is 32.7 Å². The summed E-state index contributed by atoms with van der Waals surface area (Å²) in [5.41, 5.74) is 1.80. The summed E-state index contributed by atoms with van der Waals surface area (Å²) >= 11 is -1.18. The Kier molecular flexibility index (Phi) is 5.75. The molecule has 1 aromatic carbocycles. The average molecular weight is 426 g/mol. The zero-order chi connectivity index (χ0) is 16.9. The van der Waals surface area contributed by atoms with E-state index >= 15 is 0 Å². The number of hydrogen-bond acceptors (Lipinski definition) is 3. The molecule has 0 spiro atoms. The molecule has 0 aliphatic carbocycles. The van der Waals surface area contributed by atoms with Crippen molar-refractivity contribution in [1.82, 2.24) is 9.80 Å². The summed E-state index contributed by atoms with van der Waals surface area (Å²) in [7, 11) is 0. The van der Waals surface area contributed by atoms with Gasteiger partial charge in [0.15, 0.2) is 0 Å². The predicted octanol–water partition coefficient (Wildman–Crippen LogP) is 1.52. The van der Waals surface area contributed by atoms with E-state index < -0.39 is 22.9 Å². The fourth-order valence-electron chi connectivity index (χ4n) is 2.94. The molecular formula is C18H18FInN3O. The fourth-order valence-corrected chi connectivity index (χ4v) is 6.17. The summed E-state index contributed by atoms with van der Waals surface area (Å²) in [6.45, 7) is 4.14. The normalized spacial score (nSPS) is 17.8. The molecule has 4 nitrogen and oxygen atoms in total. The van der Waals surface area contributed by atoms with Gasteiger partial charge in [-0.1, -0.05) is 0 Å². The molecule has 2 aliphatic heterocycles. The standard InChI is InChI=1S/C18H18FN3O.In/c1-15(14-20)2-7-18(23)22-12-10-21(11-13-22)9-8-16-3-5-17(19)6-4-16;/h1-6H,8-13H2;. The van der Waals surface area contributed by atoms with Crippen LogP contribution in [0.1, 0.15) is 5.56 Å². The molecule has 0 saturated carbocycles. The van der Waals surface area contributed by atoms with E-state index in [-0.39, 0.29) is 11.7 Å². The van der Waals surface area contributed by atoms with Crippen molar-refractivity contribution in [3.63, 3.8) is 0 Å². The van der Waals surface area contributed by atoms with E-state index in [9.17, 15) is 9.18 Å². The fraction of sp³-hybridized carbons (Fsp3) is 0.333. The van der Waals surface area contributed by atoms with Crippen LogP contribution in [0.5, 0.6) is 0 Å². The zero-order valence-corrected chi connectivity index (χ0v) is 16.7. The third kappa shape index (κ3) is 4.28. The molecule has 24 heavy (non-hydrogen) atoms. The van der Waals surface area contributed by atoms with Gasteiger partial charge in [-0.2, -0.15) is 0 Å². The number of amides is 1. The van der Waals surface area contributed by atoms with Crippen LogP contribution in [0.4, 0.5) is 4.39 Å². The van der Waals surface area contributed by atoms with Crippen molar-refractivity contribution in [2.24, 2.45) is 0 Å². The van der Waals surface area contributed by atoms with Crippen molar-refractivity contribution in [3.8, 4) is 6.07 Å². The van der Waals surface area contributed by atoms with Gasteiger partial charge in [-0.3, -0.25) is 0 Å². The Labute approximate surface area is 152 Å². The number of piperazine rings is 1. The van der Waals surface area contributed by atoms with E-state index in [1.165, 1.54) is 12.1 Å². The van der Waals surface area contributed by atoms with Crippen LogP contribution in [-0.2, 0) is 11.2 Å². The monoisotopic (exact) mass is 426 g/mol. The van der Waals surface area contributed by atoms with Crippen LogP contribution in [0.2, 0.25) is 0 Å². The van der Waals surface area contributed by atoms with E-state index in [1.54, 1.807) is 6.08 Å². The molecule has 1 saturated heterocycles. The molecule has 1 aromatic rings. The Morgan fingerprint density at radius 3 is 2.54 bits per heavy atom. The molecule has 0 bridgehead atoms. The molecule has 1 radical (unpaired) electrons. The van der Waals surface area contributed by atoms with Crippen LogP contribution in [0.25, 0.3) is 0 Å². The van der Waals surface area contributed by atoms with E-state index in [4.69, 9.17) is 5.26 Å². The molecule has 1 fully saturated rings. The molecule has 6 heteroatoms. The number of allylic oxidation sites excluding steroid dienone is 2. The third-order valence-corrected chi connectivity index (χ3v) is 8.13. The summed E-state index contributed by atoms with van der Waals surface area (Å²) < 4.78 is 15.8. The number of hydrogen-bond donors (Lipinski definition) is 0. The Balaban J connectivity index is 1.45. The first kappa shape index (κ1) is 17.2. The van der Waals surface area contributed by atoms with E-state index in [0.717, 1.165) is 48.0 Å². The summed E-state index contributed by atoms with van der Waals surface area (Å²) in [4.78, 5) is 16.7. The molecule has 2 heterocycles. The number of nitrogens with zero attached hydrogens (tertiary/aromatic N) is 3. The van der Waals surface area contributed by atoms with Gasteiger partial charge in [-0.05, 0) is 0 Å². The van der Waals surface area contributed by atoms with Crippen LogP contribution in [0, 0.1) is 17.1 Å². The number of rotatable bonds is 4. The Hall–Kier alpha value is -1.58. The molecule has 0 aromatic heterocycles. The minimum atomic E-state index is -1.18. The van der Waals surface area contributed by atoms with E-state index in [2.05, 4.69) is 11.0 Å². The van der Waals surface area contributed by atoms with Gasteiger partial charge in [-0.15, -0.1) is 0 Å². The number of carbonyl (C=O) groups excluding carboxylic acids is 1. The molecule has 3 rings (SSSR count). The molecule has 2 aliphatic rings. The predicted molar refractivity (Wildman–Crippen MR) is 90.7 cm³/mol. The second-order valence-corrected chi connectivity index (χ2v) is 9.69. The van der Waals surface area contributed by atoms with E-state index in [1.807, 2.05) is 20.9 Å². The number of nitriles is 1. The van der Waals surface area contributed by atoms with Gasteiger partial charge in [0.2, 0.25) is 0 Å². The third-order valence-electron chi connectivity index (χ3n) is 4.42. The van der Waals surface area contributed by atoms with Gasteiger partial charge < -0.3 is 0 Å². The number of halogens is 1. The first-order chi connectivity index (χ1) is 11.7. The van der Waals surface area contributed by atoms with Gasteiger partial charge in [0.25, 0.3) is 0 Å². The average Bonchev–Trinajstić information content (AvgIpc) is 3.10. The Bertz CT molecular complexity index is 713. The molecule has 0 unspecified atom stereocenters. The topological polar surface area (TPSA) is 47.3 Å².